The summed E-state index contributed by atoms with van der Waals surface area (Å²) in [6.45, 7) is 0. The van der Waals surface area contributed by atoms with Crippen LogP contribution >= 0.6 is 0 Å². The lowest BCUT2D eigenvalue weighted by Gasteiger charge is -2.15. The van der Waals surface area contributed by atoms with Crippen LogP contribution in [0.2, 0.25) is 0 Å². The Balaban J connectivity index is 2.92. The minimum Gasteiger partial charge on any atom is -0.497 e. The van der Waals surface area contributed by atoms with Gasteiger partial charge in [0.25, 0.3) is 5.56 Å². The molecule has 0 bridgehead atoms. The van der Waals surface area contributed by atoms with Crippen molar-refractivity contribution in [3.8, 4) is 17.6 Å². The number of nitrogens with zero attached hydrogens (tertiary/aromatic N) is 2. The summed E-state index contributed by atoms with van der Waals surface area (Å²) in [6.07, 6.45) is 0. The van der Waals surface area contributed by atoms with Crippen LogP contribution in [0.25, 0.3) is 10.8 Å². The molecule has 0 aliphatic carbocycles. The molecule has 0 radical (unpaired) electrons. The van der Waals surface area contributed by atoms with Gasteiger partial charge < -0.3 is 8.92 Å². The van der Waals surface area contributed by atoms with Crippen molar-refractivity contribution in [3.05, 3.63) is 34.2 Å². The Morgan fingerprint density at radius 1 is 1.25 bits per heavy atom. The number of methoxy groups -OCH3 is 1. The monoisotopic (exact) mass is 362 g/mol. The van der Waals surface area contributed by atoms with Gasteiger partial charge in [-0.15, -0.1) is 0 Å². The second-order valence-corrected chi connectivity index (χ2v) is 6.09. The number of alkyl halides is 3. The van der Waals surface area contributed by atoms with Gasteiger partial charge in [-0.2, -0.15) is 26.9 Å². The van der Waals surface area contributed by atoms with Crippen LogP contribution in [0, 0.1) is 11.3 Å². The standard InChI is InChI=1S/C13H9F3N2O5S/c1-18-10(6-17)11(23-24(20,21)13(14,15)16)9-5-7(22-2)3-4-8(9)12(18)19/h3-5H,1-2H3. The van der Waals surface area contributed by atoms with E-state index in [0.29, 0.717) is 4.57 Å². The van der Waals surface area contributed by atoms with E-state index in [1.165, 1.54) is 25.3 Å². The molecular formula is C13H9F3N2O5S. The molecular weight excluding hydrogens is 353 g/mol. The molecule has 128 valence electrons. The molecule has 0 spiro atoms. The summed E-state index contributed by atoms with van der Waals surface area (Å²) in [5.41, 5.74) is -7.07. The van der Waals surface area contributed by atoms with Crippen LogP contribution in [0.1, 0.15) is 5.69 Å². The summed E-state index contributed by atoms with van der Waals surface area (Å²) >= 11 is 0. The smallest absolute Gasteiger partial charge is 0.497 e. The van der Waals surface area contributed by atoms with E-state index in [-0.39, 0.29) is 16.5 Å². The summed E-state index contributed by atoms with van der Waals surface area (Å²) in [4.78, 5) is 12.2. The third-order valence-electron chi connectivity index (χ3n) is 3.14. The summed E-state index contributed by atoms with van der Waals surface area (Å²) in [5.74, 6) is -0.764. The molecule has 0 aliphatic heterocycles. The van der Waals surface area contributed by atoms with Gasteiger partial charge in [0.1, 0.15) is 11.8 Å². The minimum atomic E-state index is -6.03. The van der Waals surface area contributed by atoms with Gasteiger partial charge in [0.2, 0.25) is 0 Å². The Bertz CT molecular complexity index is 1020. The predicted octanol–water partition coefficient (Wildman–Crippen LogP) is 1.65. The van der Waals surface area contributed by atoms with E-state index in [1.54, 1.807) is 0 Å². The fraction of sp³-hybridized carbons (Fsp3) is 0.231. The van der Waals surface area contributed by atoms with E-state index in [0.717, 1.165) is 13.1 Å². The third kappa shape index (κ3) is 2.76. The molecule has 0 unspecified atom stereocenters. The molecule has 0 saturated heterocycles. The van der Waals surface area contributed by atoms with Gasteiger partial charge in [-0.25, -0.2) is 0 Å². The molecule has 0 N–H and O–H groups in total. The Labute approximate surface area is 133 Å². The van der Waals surface area contributed by atoms with E-state index in [4.69, 9.17) is 10.00 Å². The van der Waals surface area contributed by atoms with E-state index in [9.17, 15) is 26.4 Å². The number of benzene rings is 1. The number of pyridine rings is 1. The van der Waals surface area contributed by atoms with E-state index in [2.05, 4.69) is 4.18 Å². The number of nitriles is 1. The first-order valence-corrected chi connectivity index (χ1v) is 7.56. The first-order valence-electron chi connectivity index (χ1n) is 6.15. The zero-order chi connectivity index (χ0) is 18.3. The molecule has 1 heterocycles. The van der Waals surface area contributed by atoms with Gasteiger partial charge in [-0.3, -0.25) is 9.36 Å². The highest BCUT2D eigenvalue weighted by molar-refractivity contribution is 7.88. The SMILES string of the molecule is COc1ccc2c(=O)n(C)c(C#N)c(OS(=O)(=O)C(F)(F)F)c2c1. The van der Waals surface area contributed by atoms with Crippen LogP contribution in [-0.4, -0.2) is 25.6 Å². The number of halogens is 3. The molecule has 7 nitrogen and oxygen atoms in total. The average Bonchev–Trinajstić information content (AvgIpc) is 2.51. The first kappa shape index (κ1) is 17.6. The maximum Gasteiger partial charge on any atom is 0.534 e. The normalized spacial score (nSPS) is 12.0. The number of aromatic nitrogens is 1. The van der Waals surface area contributed by atoms with Crippen molar-refractivity contribution in [2.45, 2.75) is 5.51 Å². The van der Waals surface area contributed by atoms with Crippen molar-refractivity contribution in [1.82, 2.24) is 4.57 Å². The fourth-order valence-corrected chi connectivity index (χ4v) is 2.44. The highest BCUT2D eigenvalue weighted by Gasteiger charge is 2.49. The zero-order valence-corrected chi connectivity index (χ0v) is 13.0. The maximum absolute atomic E-state index is 12.6. The van der Waals surface area contributed by atoms with Crippen molar-refractivity contribution in [3.63, 3.8) is 0 Å². The number of fused-ring (bicyclic) bond motifs is 1. The van der Waals surface area contributed by atoms with Crippen LogP contribution in [0.3, 0.4) is 0 Å². The predicted molar refractivity (Wildman–Crippen MR) is 76.1 cm³/mol. The van der Waals surface area contributed by atoms with Gasteiger partial charge in [-0.1, -0.05) is 0 Å². The number of ether oxygens (including phenoxy) is 1. The van der Waals surface area contributed by atoms with E-state index < -0.39 is 32.6 Å². The van der Waals surface area contributed by atoms with Gasteiger partial charge in [0.15, 0.2) is 11.4 Å². The van der Waals surface area contributed by atoms with Crippen molar-refractivity contribution in [2.75, 3.05) is 7.11 Å². The lowest BCUT2D eigenvalue weighted by Crippen LogP contribution is -2.30. The second kappa shape index (κ2) is 5.72. The largest absolute Gasteiger partial charge is 0.534 e. The number of rotatable bonds is 3. The van der Waals surface area contributed by atoms with E-state index in [1.807, 2.05) is 0 Å². The molecule has 11 heteroatoms. The molecule has 0 amide bonds. The van der Waals surface area contributed by atoms with Gasteiger partial charge in [0, 0.05) is 12.4 Å². The first-order chi connectivity index (χ1) is 11.0. The van der Waals surface area contributed by atoms with Gasteiger partial charge in [-0.05, 0) is 18.2 Å². The average molecular weight is 362 g/mol. The third-order valence-corrected chi connectivity index (χ3v) is 4.09. The quantitative estimate of drug-likeness (QED) is 0.608. The highest BCUT2D eigenvalue weighted by atomic mass is 32.2. The maximum atomic E-state index is 12.6. The molecule has 0 fully saturated rings. The lowest BCUT2D eigenvalue weighted by molar-refractivity contribution is -0.0499. The molecule has 1 aromatic heterocycles. The Morgan fingerprint density at radius 3 is 2.38 bits per heavy atom. The van der Waals surface area contributed by atoms with Crippen molar-refractivity contribution in [2.24, 2.45) is 7.05 Å². The molecule has 24 heavy (non-hydrogen) atoms. The summed E-state index contributed by atoms with van der Waals surface area (Å²) in [5, 5.41) is 8.69. The topological polar surface area (TPSA) is 98.4 Å². The molecule has 2 rings (SSSR count). The summed E-state index contributed by atoms with van der Waals surface area (Å²) < 4.78 is 70.1. The summed E-state index contributed by atoms with van der Waals surface area (Å²) in [7, 11) is -3.66. The number of hydrogen-bond donors (Lipinski definition) is 0. The molecule has 0 atom stereocenters. The van der Waals surface area contributed by atoms with Gasteiger partial charge in [0.05, 0.1) is 12.5 Å². The van der Waals surface area contributed by atoms with E-state index >= 15 is 0 Å². The van der Waals surface area contributed by atoms with Crippen LogP contribution in [-0.2, 0) is 17.2 Å². The zero-order valence-electron chi connectivity index (χ0n) is 12.2. The molecule has 0 aliphatic rings. The highest BCUT2D eigenvalue weighted by Crippen LogP contribution is 2.34. The summed E-state index contributed by atoms with van der Waals surface area (Å²) in [6, 6.07) is 5.17. The molecule has 1 aromatic carbocycles. The fourth-order valence-electron chi connectivity index (χ4n) is 1.95. The van der Waals surface area contributed by atoms with Crippen molar-refractivity contribution < 1.29 is 30.5 Å². The molecule has 2 aromatic rings. The Morgan fingerprint density at radius 2 is 1.88 bits per heavy atom. The Kier molecular flexibility index (Phi) is 4.19. The van der Waals surface area contributed by atoms with Crippen molar-refractivity contribution in [1.29, 1.82) is 5.26 Å². The van der Waals surface area contributed by atoms with Crippen molar-refractivity contribution >= 4 is 20.9 Å². The Hall–Kier alpha value is -2.74. The van der Waals surface area contributed by atoms with Crippen LogP contribution in [0.4, 0.5) is 13.2 Å². The van der Waals surface area contributed by atoms with Crippen LogP contribution in [0.15, 0.2) is 23.0 Å². The molecule has 0 saturated carbocycles. The van der Waals surface area contributed by atoms with Crippen LogP contribution in [0.5, 0.6) is 11.5 Å². The van der Waals surface area contributed by atoms with Crippen LogP contribution < -0.4 is 14.5 Å². The lowest BCUT2D eigenvalue weighted by atomic mass is 10.1. The van der Waals surface area contributed by atoms with Gasteiger partial charge >= 0.3 is 15.6 Å². The number of hydrogen-bond acceptors (Lipinski definition) is 6. The second-order valence-electron chi connectivity index (χ2n) is 4.55. The minimum absolute atomic E-state index is 0.133.